The third-order valence-corrected chi connectivity index (χ3v) is 5.47. The summed E-state index contributed by atoms with van der Waals surface area (Å²) in [5, 5.41) is 1.38. The maximum Gasteiger partial charge on any atom is 0.189 e. The molecule has 130 valence electrons. The predicted molar refractivity (Wildman–Crippen MR) is 101 cm³/mol. The van der Waals surface area contributed by atoms with Crippen LogP contribution in [-0.4, -0.2) is 31.9 Å². The molecule has 5 nitrogen and oxygen atoms in total. The highest BCUT2D eigenvalue weighted by molar-refractivity contribution is 7.99. The molecule has 0 aliphatic carbocycles. The van der Waals surface area contributed by atoms with Crippen molar-refractivity contribution in [2.24, 2.45) is 7.05 Å². The van der Waals surface area contributed by atoms with Crippen LogP contribution in [0.4, 0.5) is 0 Å². The summed E-state index contributed by atoms with van der Waals surface area (Å²) < 4.78 is 1.94. The first kappa shape index (κ1) is 17.8. The van der Waals surface area contributed by atoms with E-state index in [1.54, 1.807) is 13.0 Å². The maximum atomic E-state index is 12.6. The van der Waals surface area contributed by atoms with Gasteiger partial charge in [0.1, 0.15) is 0 Å². The summed E-state index contributed by atoms with van der Waals surface area (Å²) in [6.07, 6.45) is 0. The van der Waals surface area contributed by atoms with E-state index < -0.39 is 0 Å². The van der Waals surface area contributed by atoms with Crippen LogP contribution in [-0.2, 0) is 7.05 Å². The Morgan fingerprint density at radius 2 is 2.04 bits per heavy atom. The summed E-state index contributed by atoms with van der Waals surface area (Å²) in [6, 6.07) is 5.54. The predicted octanol–water partition coefficient (Wildman–Crippen LogP) is 4.35. The number of H-pyrrole nitrogens is 1. The van der Waals surface area contributed by atoms with Gasteiger partial charge in [-0.25, -0.2) is 4.98 Å². The third kappa shape index (κ3) is 3.24. The van der Waals surface area contributed by atoms with Crippen LogP contribution in [0.2, 0.25) is 5.02 Å². The van der Waals surface area contributed by atoms with Gasteiger partial charge in [0.25, 0.3) is 0 Å². The number of Topliss-reactive ketones (excluding diaryl/α,β-unsaturated/α-hetero) is 2. The van der Waals surface area contributed by atoms with Crippen LogP contribution in [0.1, 0.15) is 39.0 Å². The standard InChI is InChI=1S/C18H18ClN3O2S/c1-9-16(11(3)23)10(2)20-17(9)15(24)8-25-18-21-13-7-12(19)5-6-14(13)22(18)4/h5-7,20H,8H2,1-4H3. The Balaban J connectivity index is 1.82. The summed E-state index contributed by atoms with van der Waals surface area (Å²) in [5.41, 5.74) is 4.31. The van der Waals surface area contributed by atoms with Gasteiger partial charge in [0.2, 0.25) is 0 Å². The van der Waals surface area contributed by atoms with Crippen molar-refractivity contribution in [1.29, 1.82) is 0 Å². The monoisotopic (exact) mass is 375 g/mol. The first-order valence-corrected chi connectivity index (χ1v) is 9.14. The molecule has 1 aromatic carbocycles. The van der Waals surface area contributed by atoms with E-state index in [2.05, 4.69) is 9.97 Å². The van der Waals surface area contributed by atoms with Crippen molar-refractivity contribution in [3.63, 3.8) is 0 Å². The van der Waals surface area contributed by atoms with Gasteiger partial charge in [-0.3, -0.25) is 9.59 Å². The minimum absolute atomic E-state index is 0.0369. The van der Waals surface area contributed by atoms with Gasteiger partial charge >= 0.3 is 0 Å². The van der Waals surface area contributed by atoms with Crippen molar-refractivity contribution in [1.82, 2.24) is 14.5 Å². The number of ketones is 2. The molecule has 0 spiro atoms. The highest BCUT2D eigenvalue weighted by atomic mass is 35.5. The SMILES string of the molecule is CC(=O)c1c(C)[nH]c(C(=O)CSc2nc3cc(Cl)ccc3n2C)c1C. The van der Waals surface area contributed by atoms with Gasteiger partial charge in [-0.15, -0.1) is 0 Å². The van der Waals surface area contributed by atoms with Crippen LogP contribution in [0.15, 0.2) is 23.4 Å². The number of carbonyl (C=O) groups excluding carboxylic acids is 2. The zero-order valence-corrected chi connectivity index (χ0v) is 16.0. The first-order valence-electron chi connectivity index (χ1n) is 7.77. The number of halogens is 1. The van der Waals surface area contributed by atoms with E-state index in [9.17, 15) is 9.59 Å². The quantitative estimate of drug-likeness (QED) is 0.531. The lowest BCUT2D eigenvalue weighted by Gasteiger charge is -2.02. The fourth-order valence-corrected chi connectivity index (χ4v) is 4.06. The summed E-state index contributed by atoms with van der Waals surface area (Å²) in [6.45, 7) is 5.12. The van der Waals surface area contributed by atoms with Gasteiger partial charge < -0.3 is 9.55 Å². The molecule has 3 rings (SSSR count). The molecule has 1 N–H and O–H groups in total. The fraction of sp³-hybridized carbons (Fsp3) is 0.278. The largest absolute Gasteiger partial charge is 0.355 e. The Morgan fingerprint density at radius 1 is 1.32 bits per heavy atom. The second-order valence-corrected chi connectivity index (χ2v) is 7.36. The molecule has 0 saturated carbocycles. The van der Waals surface area contributed by atoms with E-state index in [1.807, 2.05) is 30.7 Å². The molecule has 7 heteroatoms. The lowest BCUT2D eigenvalue weighted by atomic mass is 10.1. The maximum absolute atomic E-state index is 12.6. The second-order valence-electron chi connectivity index (χ2n) is 5.98. The van der Waals surface area contributed by atoms with Crippen LogP contribution in [0.5, 0.6) is 0 Å². The van der Waals surface area contributed by atoms with E-state index >= 15 is 0 Å². The number of fused-ring (bicyclic) bond motifs is 1. The molecule has 2 aromatic heterocycles. The van der Waals surface area contributed by atoms with E-state index in [1.165, 1.54) is 18.7 Å². The molecule has 0 aliphatic rings. The molecule has 0 bridgehead atoms. The van der Waals surface area contributed by atoms with Gasteiger partial charge in [0.15, 0.2) is 16.7 Å². The lowest BCUT2D eigenvalue weighted by molar-refractivity contribution is 0.101. The molecular weight excluding hydrogens is 358 g/mol. The Labute approximate surface area is 154 Å². The zero-order valence-electron chi connectivity index (χ0n) is 14.4. The normalized spacial score (nSPS) is 11.2. The number of rotatable bonds is 5. The molecule has 2 heterocycles. The average molecular weight is 376 g/mol. The summed E-state index contributed by atoms with van der Waals surface area (Å²) in [7, 11) is 1.91. The van der Waals surface area contributed by atoms with Crippen molar-refractivity contribution in [2.45, 2.75) is 25.9 Å². The highest BCUT2D eigenvalue weighted by Gasteiger charge is 2.20. The number of thioether (sulfide) groups is 1. The Kier molecular flexibility index (Phi) is 4.75. The van der Waals surface area contributed by atoms with Crippen LogP contribution in [0.25, 0.3) is 11.0 Å². The third-order valence-electron chi connectivity index (χ3n) is 4.20. The smallest absolute Gasteiger partial charge is 0.189 e. The first-order chi connectivity index (χ1) is 11.8. The Morgan fingerprint density at radius 3 is 2.68 bits per heavy atom. The molecule has 0 saturated heterocycles. The number of hydrogen-bond donors (Lipinski definition) is 1. The number of aromatic amines is 1. The van der Waals surface area contributed by atoms with Crippen LogP contribution >= 0.6 is 23.4 Å². The van der Waals surface area contributed by atoms with Crippen LogP contribution < -0.4 is 0 Å². The molecule has 0 amide bonds. The Bertz CT molecular complexity index is 1000. The minimum Gasteiger partial charge on any atom is -0.355 e. The van der Waals surface area contributed by atoms with E-state index in [0.717, 1.165) is 21.9 Å². The van der Waals surface area contributed by atoms with Gasteiger partial charge in [0.05, 0.1) is 22.5 Å². The number of aryl methyl sites for hydroxylation is 2. The van der Waals surface area contributed by atoms with Crippen LogP contribution in [0, 0.1) is 13.8 Å². The zero-order chi connectivity index (χ0) is 18.3. The van der Waals surface area contributed by atoms with Gasteiger partial charge in [-0.2, -0.15) is 0 Å². The molecular formula is C18H18ClN3O2S. The molecule has 3 aromatic rings. The topological polar surface area (TPSA) is 67.8 Å². The number of aromatic nitrogens is 3. The van der Waals surface area contributed by atoms with Gasteiger partial charge in [-0.1, -0.05) is 23.4 Å². The number of imidazole rings is 1. The molecule has 25 heavy (non-hydrogen) atoms. The second kappa shape index (κ2) is 6.69. The number of carbonyl (C=O) groups is 2. The van der Waals surface area contributed by atoms with Crippen molar-refractivity contribution in [3.05, 3.63) is 45.7 Å². The number of benzene rings is 1. The molecule has 0 atom stereocenters. The average Bonchev–Trinajstić information content (AvgIpc) is 3.01. The molecule has 0 fully saturated rings. The van der Waals surface area contributed by atoms with Crippen molar-refractivity contribution in [2.75, 3.05) is 5.75 Å². The number of hydrogen-bond acceptors (Lipinski definition) is 4. The van der Waals surface area contributed by atoms with Gasteiger partial charge in [-0.05, 0) is 44.5 Å². The molecule has 0 aliphatic heterocycles. The Hall–Kier alpha value is -2.05. The lowest BCUT2D eigenvalue weighted by Crippen LogP contribution is -2.06. The summed E-state index contributed by atoms with van der Waals surface area (Å²) >= 11 is 7.37. The van der Waals surface area contributed by atoms with Crippen molar-refractivity contribution >= 4 is 46.0 Å². The van der Waals surface area contributed by atoms with E-state index in [0.29, 0.717) is 21.8 Å². The minimum atomic E-state index is -0.0526. The molecule has 0 radical (unpaired) electrons. The van der Waals surface area contributed by atoms with Gasteiger partial charge in [0, 0.05) is 23.3 Å². The molecule has 0 unspecified atom stereocenters. The van der Waals surface area contributed by atoms with E-state index in [4.69, 9.17) is 11.6 Å². The number of nitrogens with zero attached hydrogens (tertiary/aromatic N) is 2. The summed E-state index contributed by atoms with van der Waals surface area (Å²) in [5.74, 6) is 0.150. The van der Waals surface area contributed by atoms with Crippen molar-refractivity contribution in [3.8, 4) is 0 Å². The van der Waals surface area contributed by atoms with E-state index in [-0.39, 0.29) is 17.3 Å². The number of nitrogens with one attached hydrogen (secondary N) is 1. The van der Waals surface area contributed by atoms with Crippen molar-refractivity contribution < 1.29 is 9.59 Å². The highest BCUT2D eigenvalue weighted by Crippen LogP contribution is 2.26. The fourth-order valence-electron chi connectivity index (χ4n) is 3.04. The van der Waals surface area contributed by atoms with Crippen LogP contribution in [0.3, 0.4) is 0 Å². The summed E-state index contributed by atoms with van der Waals surface area (Å²) in [4.78, 5) is 31.9.